The van der Waals surface area contributed by atoms with E-state index in [2.05, 4.69) is 16.5 Å². The van der Waals surface area contributed by atoms with Gasteiger partial charge in [-0.15, -0.1) is 0 Å². The molecule has 2 atom stereocenters. The van der Waals surface area contributed by atoms with Crippen LogP contribution in [0.4, 0.5) is 0 Å². The monoisotopic (exact) mass is 190 g/mol. The quantitative estimate of drug-likeness (QED) is 0.733. The Balaban J connectivity index is 1.99. The molecule has 1 saturated heterocycles. The van der Waals surface area contributed by atoms with E-state index in [1.807, 2.05) is 13.0 Å². The van der Waals surface area contributed by atoms with E-state index in [0.717, 1.165) is 18.0 Å². The normalized spacial score (nSPS) is 30.5. The Kier molecular flexibility index (Phi) is 1.74. The molecule has 0 amide bonds. The fourth-order valence-corrected chi connectivity index (χ4v) is 2.41. The molecular weight excluding hydrogens is 176 g/mol. The third kappa shape index (κ3) is 1.20. The van der Waals surface area contributed by atoms with Crippen LogP contribution in [0.1, 0.15) is 24.3 Å². The molecule has 1 aromatic rings. The van der Waals surface area contributed by atoms with Gasteiger partial charge in [-0.2, -0.15) is 0 Å². The number of aromatic nitrogens is 1. The molecule has 3 heteroatoms. The Morgan fingerprint density at radius 2 is 2.43 bits per heavy atom. The maximum Gasteiger partial charge on any atom is 0.164 e. The maximum atomic E-state index is 5.30. The number of nitrogens with zero attached hydrogens (tertiary/aromatic N) is 1. The van der Waals surface area contributed by atoms with Gasteiger partial charge in [0.15, 0.2) is 5.76 Å². The van der Waals surface area contributed by atoms with Crippen LogP contribution in [-0.2, 0) is 0 Å². The zero-order valence-corrected chi connectivity index (χ0v) is 8.29. The minimum atomic E-state index is 0.493. The van der Waals surface area contributed by atoms with Crippen molar-refractivity contribution in [2.45, 2.75) is 25.8 Å². The molecule has 2 bridgehead atoms. The second-order valence-electron chi connectivity index (χ2n) is 4.25. The number of piperidine rings is 1. The van der Waals surface area contributed by atoms with Gasteiger partial charge in [0.2, 0.25) is 0 Å². The Hall–Kier alpha value is -1.09. The van der Waals surface area contributed by atoms with Crippen LogP contribution in [0.25, 0.3) is 5.57 Å². The molecule has 0 radical (unpaired) electrons. The van der Waals surface area contributed by atoms with Gasteiger partial charge in [0.05, 0.1) is 5.69 Å². The van der Waals surface area contributed by atoms with Gasteiger partial charge in [0.25, 0.3) is 0 Å². The van der Waals surface area contributed by atoms with Crippen LogP contribution in [0.2, 0.25) is 0 Å². The van der Waals surface area contributed by atoms with Crippen LogP contribution < -0.4 is 5.32 Å². The van der Waals surface area contributed by atoms with Crippen LogP contribution in [0, 0.1) is 12.8 Å². The van der Waals surface area contributed by atoms with Crippen LogP contribution in [0.15, 0.2) is 16.7 Å². The molecule has 4 rings (SSSR count). The molecule has 0 aromatic carbocycles. The molecule has 3 heterocycles. The molecule has 3 nitrogen and oxygen atoms in total. The van der Waals surface area contributed by atoms with Crippen LogP contribution in [0.3, 0.4) is 0 Å². The van der Waals surface area contributed by atoms with Gasteiger partial charge in [0.1, 0.15) is 0 Å². The third-order valence-corrected chi connectivity index (χ3v) is 3.16. The molecular formula is C11H14N2O. The first kappa shape index (κ1) is 8.24. The number of hydrogen-bond donors (Lipinski definition) is 1. The van der Waals surface area contributed by atoms with E-state index >= 15 is 0 Å². The number of aryl methyl sites for hydroxylation is 1. The third-order valence-electron chi connectivity index (χ3n) is 3.16. The number of nitrogens with one attached hydrogen (secondary N) is 1. The van der Waals surface area contributed by atoms with Gasteiger partial charge in [0, 0.05) is 24.2 Å². The minimum absolute atomic E-state index is 0.493. The fraction of sp³-hybridized carbons (Fsp3) is 0.545. The molecule has 1 N–H and O–H groups in total. The second kappa shape index (κ2) is 2.95. The summed E-state index contributed by atoms with van der Waals surface area (Å²) in [7, 11) is 0. The van der Waals surface area contributed by atoms with Crippen LogP contribution >= 0.6 is 0 Å². The van der Waals surface area contributed by atoms with Gasteiger partial charge in [-0.3, -0.25) is 0 Å². The Morgan fingerprint density at radius 1 is 1.50 bits per heavy atom. The molecule has 0 spiro atoms. The van der Waals surface area contributed by atoms with Gasteiger partial charge >= 0.3 is 0 Å². The van der Waals surface area contributed by atoms with Crippen molar-refractivity contribution in [3.05, 3.63) is 23.6 Å². The zero-order chi connectivity index (χ0) is 9.54. The van der Waals surface area contributed by atoms with Crippen molar-refractivity contribution in [1.82, 2.24) is 10.5 Å². The van der Waals surface area contributed by atoms with E-state index in [-0.39, 0.29) is 0 Å². The van der Waals surface area contributed by atoms with Crippen LogP contribution in [-0.4, -0.2) is 17.7 Å². The topological polar surface area (TPSA) is 38.1 Å². The summed E-state index contributed by atoms with van der Waals surface area (Å²) in [6.45, 7) is 3.09. The Bertz CT molecular complexity index is 372. The second-order valence-corrected chi connectivity index (χ2v) is 4.25. The van der Waals surface area contributed by atoms with Gasteiger partial charge in [-0.1, -0.05) is 11.2 Å². The molecule has 1 aliphatic carbocycles. The largest absolute Gasteiger partial charge is 0.356 e. The summed E-state index contributed by atoms with van der Waals surface area (Å²) in [5, 5.41) is 7.45. The first-order valence-corrected chi connectivity index (χ1v) is 5.22. The predicted molar refractivity (Wildman–Crippen MR) is 53.7 cm³/mol. The molecule has 3 aliphatic rings. The smallest absolute Gasteiger partial charge is 0.164 e. The van der Waals surface area contributed by atoms with E-state index in [1.54, 1.807) is 0 Å². The van der Waals surface area contributed by atoms with E-state index in [9.17, 15) is 0 Å². The fourth-order valence-electron chi connectivity index (χ4n) is 2.41. The summed E-state index contributed by atoms with van der Waals surface area (Å²) in [5.41, 5.74) is 2.27. The summed E-state index contributed by atoms with van der Waals surface area (Å²) in [5.74, 6) is 1.64. The summed E-state index contributed by atoms with van der Waals surface area (Å²) in [4.78, 5) is 0. The average molecular weight is 190 g/mol. The summed E-state index contributed by atoms with van der Waals surface area (Å²) in [6, 6.07) is 2.51. The molecule has 0 saturated carbocycles. The number of hydrogen-bond acceptors (Lipinski definition) is 3. The average Bonchev–Trinajstić information content (AvgIpc) is 2.66. The lowest BCUT2D eigenvalue weighted by Gasteiger charge is -2.35. The molecule has 14 heavy (non-hydrogen) atoms. The van der Waals surface area contributed by atoms with E-state index in [0.29, 0.717) is 12.0 Å². The molecule has 1 aromatic heterocycles. The lowest BCUT2D eigenvalue weighted by atomic mass is 9.81. The van der Waals surface area contributed by atoms with Crippen molar-refractivity contribution in [2.24, 2.45) is 5.92 Å². The lowest BCUT2D eigenvalue weighted by molar-refractivity contribution is 0.354. The van der Waals surface area contributed by atoms with Crippen molar-refractivity contribution < 1.29 is 4.52 Å². The summed E-state index contributed by atoms with van der Waals surface area (Å²) in [6.07, 6.45) is 4.90. The summed E-state index contributed by atoms with van der Waals surface area (Å²) >= 11 is 0. The zero-order valence-electron chi connectivity index (χ0n) is 8.29. The highest BCUT2D eigenvalue weighted by Gasteiger charge is 2.30. The van der Waals surface area contributed by atoms with Crippen molar-refractivity contribution in [2.75, 3.05) is 6.54 Å². The van der Waals surface area contributed by atoms with Crippen molar-refractivity contribution in [1.29, 1.82) is 0 Å². The lowest BCUT2D eigenvalue weighted by Crippen LogP contribution is -2.43. The first-order valence-electron chi connectivity index (χ1n) is 5.22. The number of rotatable bonds is 1. The van der Waals surface area contributed by atoms with Gasteiger partial charge in [-0.25, -0.2) is 0 Å². The Labute approximate surface area is 83.2 Å². The standard InChI is InChI=1S/C11H14N2O/c1-7-4-11(14-13-7)9-5-8-2-3-10(9)12-6-8/h4-5,8,10,12H,2-3,6H2,1H3. The summed E-state index contributed by atoms with van der Waals surface area (Å²) < 4.78 is 5.30. The number of fused-ring (bicyclic) bond motifs is 2. The molecule has 1 fully saturated rings. The minimum Gasteiger partial charge on any atom is -0.356 e. The molecule has 74 valence electrons. The van der Waals surface area contributed by atoms with Crippen LogP contribution in [0.5, 0.6) is 0 Å². The van der Waals surface area contributed by atoms with Crippen molar-refractivity contribution in [3.8, 4) is 0 Å². The highest BCUT2D eigenvalue weighted by Crippen LogP contribution is 2.34. The SMILES string of the molecule is Cc1cc(C2=CC3CCC2NC3)on1. The highest BCUT2D eigenvalue weighted by molar-refractivity contribution is 5.68. The molecule has 2 unspecified atom stereocenters. The van der Waals surface area contributed by atoms with E-state index in [1.165, 1.54) is 18.4 Å². The maximum absolute atomic E-state index is 5.30. The van der Waals surface area contributed by atoms with E-state index < -0.39 is 0 Å². The predicted octanol–water partition coefficient (Wildman–Crippen LogP) is 1.75. The molecule has 2 aliphatic heterocycles. The van der Waals surface area contributed by atoms with Gasteiger partial charge in [-0.05, 0) is 25.7 Å². The van der Waals surface area contributed by atoms with Crippen molar-refractivity contribution >= 4 is 5.57 Å². The van der Waals surface area contributed by atoms with E-state index in [4.69, 9.17) is 4.52 Å². The first-order chi connectivity index (χ1) is 6.83. The van der Waals surface area contributed by atoms with Gasteiger partial charge < -0.3 is 9.84 Å². The Morgan fingerprint density at radius 3 is 2.93 bits per heavy atom. The highest BCUT2D eigenvalue weighted by atomic mass is 16.5. The van der Waals surface area contributed by atoms with Crippen molar-refractivity contribution in [3.63, 3.8) is 0 Å².